The predicted octanol–water partition coefficient (Wildman–Crippen LogP) is 3.57. The summed E-state index contributed by atoms with van der Waals surface area (Å²) in [7, 11) is 0. The van der Waals surface area contributed by atoms with Crippen molar-refractivity contribution in [3.63, 3.8) is 0 Å². The topological polar surface area (TPSA) is 64.7 Å². The Balaban J connectivity index is 1.51. The molecule has 0 bridgehead atoms. The van der Waals surface area contributed by atoms with Crippen molar-refractivity contribution in [3.05, 3.63) is 52.1 Å². The highest BCUT2D eigenvalue weighted by molar-refractivity contribution is 5.74. The molecule has 3 heterocycles. The summed E-state index contributed by atoms with van der Waals surface area (Å²) in [5.41, 5.74) is 2.35. The van der Waals surface area contributed by atoms with Crippen molar-refractivity contribution in [1.29, 1.82) is 0 Å². The van der Waals surface area contributed by atoms with E-state index < -0.39 is 0 Å². The van der Waals surface area contributed by atoms with Gasteiger partial charge in [-0.15, -0.1) is 0 Å². The fourth-order valence-corrected chi connectivity index (χ4v) is 4.86. The van der Waals surface area contributed by atoms with Crippen molar-refractivity contribution in [2.24, 2.45) is 11.8 Å². The highest BCUT2D eigenvalue weighted by Crippen LogP contribution is 2.35. The number of nitrogens with zero attached hydrogens (tertiary/aromatic N) is 4. The van der Waals surface area contributed by atoms with E-state index in [1.165, 1.54) is 25.7 Å². The van der Waals surface area contributed by atoms with Gasteiger partial charge in [0.15, 0.2) is 11.2 Å². The molecule has 1 aliphatic carbocycles. The molecule has 1 saturated carbocycles. The molecule has 0 saturated heterocycles. The normalized spacial score (nSPS) is 24.3. The molecule has 0 unspecified atom stereocenters. The summed E-state index contributed by atoms with van der Waals surface area (Å²) in [4.78, 5) is 22.0. The van der Waals surface area contributed by atoms with Crippen LogP contribution in [-0.2, 0) is 13.1 Å². The average Bonchev–Trinajstić information content (AvgIpc) is 3.25. The molecule has 0 spiro atoms. The largest absolute Gasteiger partial charge is 0.351 e. The average molecular weight is 377 g/mol. The molecular formula is C22H27N5O. The summed E-state index contributed by atoms with van der Waals surface area (Å²) in [5, 5.41) is 3.53. The number of imidazole rings is 1. The first-order valence-corrected chi connectivity index (χ1v) is 10.4. The molecule has 1 aliphatic heterocycles. The van der Waals surface area contributed by atoms with Gasteiger partial charge in [0.2, 0.25) is 5.95 Å². The number of fused-ring (bicyclic) bond motifs is 3. The van der Waals surface area contributed by atoms with Gasteiger partial charge in [-0.05, 0) is 37.2 Å². The van der Waals surface area contributed by atoms with E-state index in [1.54, 1.807) is 0 Å². The fraction of sp³-hybridized carbons (Fsp3) is 0.500. The number of aromatic nitrogens is 4. The van der Waals surface area contributed by atoms with Gasteiger partial charge in [-0.2, -0.15) is 4.98 Å². The van der Waals surface area contributed by atoms with Crippen LogP contribution < -0.4 is 10.9 Å². The van der Waals surface area contributed by atoms with Gasteiger partial charge in [0.05, 0.1) is 0 Å². The van der Waals surface area contributed by atoms with Crippen LogP contribution in [-0.4, -0.2) is 25.1 Å². The number of rotatable bonds is 3. The van der Waals surface area contributed by atoms with Crippen LogP contribution in [0.25, 0.3) is 11.2 Å². The maximum absolute atomic E-state index is 12.9. The van der Waals surface area contributed by atoms with E-state index in [9.17, 15) is 4.79 Å². The number of anilines is 1. The number of benzene rings is 1. The van der Waals surface area contributed by atoms with Gasteiger partial charge in [0, 0.05) is 19.1 Å². The number of hydrogen-bond acceptors (Lipinski definition) is 4. The Kier molecular flexibility index (Phi) is 4.22. The molecular weight excluding hydrogens is 350 g/mol. The lowest BCUT2D eigenvalue weighted by Crippen LogP contribution is -2.30. The van der Waals surface area contributed by atoms with Gasteiger partial charge in [0.25, 0.3) is 0 Å². The zero-order valence-corrected chi connectivity index (χ0v) is 16.6. The Morgan fingerprint density at radius 1 is 1.11 bits per heavy atom. The molecule has 1 N–H and O–H groups in total. The first-order valence-electron chi connectivity index (χ1n) is 10.4. The van der Waals surface area contributed by atoms with E-state index in [0.29, 0.717) is 30.0 Å². The van der Waals surface area contributed by atoms with Crippen molar-refractivity contribution in [2.45, 2.75) is 58.7 Å². The van der Waals surface area contributed by atoms with E-state index in [4.69, 9.17) is 4.98 Å². The van der Waals surface area contributed by atoms with Gasteiger partial charge in [-0.25, -0.2) is 4.98 Å². The Morgan fingerprint density at radius 2 is 1.86 bits per heavy atom. The molecule has 0 radical (unpaired) electrons. The molecule has 146 valence electrons. The van der Waals surface area contributed by atoms with E-state index >= 15 is 0 Å². The molecule has 28 heavy (non-hydrogen) atoms. The lowest BCUT2D eigenvalue weighted by atomic mass is 9.79. The van der Waals surface area contributed by atoms with Gasteiger partial charge in [-0.1, -0.05) is 50.1 Å². The van der Waals surface area contributed by atoms with Crippen LogP contribution in [0.15, 0.2) is 35.1 Å². The molecule has 6 heteroatoms. The second kappa shape index (κ2) is 6.76. The zero-order chi connectivity index (χ0) is 19.3. The summed E-state index contributed by atoms with van der Waals surface area (Å²) >= 11 is 0. The minimum absolute atomic E-state index is 0.191. The lowest BCUT2D eigenvalue weighted by Gasteiger charge is -2.30. The SMILES string of the molecule is Cc1nc2c(c(=O)nc3n2C[C@@H](C2CCC(C)CC2)N3)n1Cc1ccccc1. The van der Waals surface area contributed by atoms with Crippen LogP contribution in [0.4, 0.5) is 5.95 Å². The predicted molar refractivity (Wildman–Crippen MR) is 111 cm³/mol. The van der Waals surface area contributed by atoms with Crippen LogP contribution >= 0.6 is 0 Å². The Labute approximate surface area is 164 Å². The quantitative estimate of drug-likeness (QED) is 0.758. The minimum atomic E-state index is -0.191. The highest BCUT2D eigenvalue weighted by atomic mass is 16.1. The van der Waals surface area contributed by atoms with Crippen molar-refractivity contribution < 1.29 is 0 Å². The fourth-order valence-electron chi connectivity index (χ4n) is 4.86. The molecule has 2 aromatic heterocycles. The van der Waals surface area contributed by atoms with Crippen molar-refractivity contribution >= 4 is 17.1 Å². The Morgan fingerprint density at radius 3 is 2.61 bits per heavy atom. The summed E-state index contributed by atoms with van der Waals surface area (Å²) in [6.45, 7) is 5.80. The monoisotopic (exact) mass is 377 g/mol. The maximum atomic E-state index is 12.9. The molecule has 6 nitrogen and oxygen atoms in total. The third-order valence-electron chi connectivity index (χ3n) is 6.57. The second-order valence-corrected chi connectivity index (χ2v) is 8.52. The molecule has 3 aromatic rings. The summed E-state index contributed by atoms with van der Waals surface area (Å²) in [5.74, 6) is 3.02. The van der Waals surface area contributed by atoms with Gasteiger partial charge in [-0.3, -0.25) is 9.36 Å². The highest BCUT2D eigenvalue weighted by Gasteiger charge is 2.33. The lowest BCUT2D eigenvalue weighted by molar-refractivity contribution is 0.260. The van der Waals surface area contributed by atoms with Gasteiger partial charge >= 0.3 is 5.56 Å². The van der Waals surface area contributed by atoms with Crippen LogP contribution in [0.1, 0.15) is 44.0 Å². The molecule has 2 aliphatic rings. The first-order chi connectivity index (χ1) is 13.6. The van der Waals surface area contributed by atoms with Crippen molar-refractivity contribution in [1.82, 2.24) is 19.1 Å². The van der Waals surface area contributed by atoms with E-state index in [0.717, 1.165) is 29.5 Å². The molecule has 0 amide bonds. The van der Waals surface area contributed by atoms with Gasteiger partial charge < -0.3 is 9.88 Å². The minimum Gasteiger partial charge on any atom is -0.351 e. The van der Waals surface area contributed by atoms with Crippen LogP contribution in [0.2, 0.25) is 0 Å². The van der Waals surface area contributed by atoms with Crippen LogP contribution in [0.3, 0.4) is 0 Å². The first kappa shape index (κ1) is 17.5. The van der Waals surface area contributed by atoms with Crippen molar-refractivity contribution in [2.75, 3.05) is 5.32 Å². The summed E-state index contributed by atoms with van der Waals surface area (Å²) in [6, 6.07) is 10.5. The van der Waals surface area contributed by atoms with Crippen LogP contribution in [0, 0.1) is 18.8 Å². The Bertz CT molecular complexity index is 1060. The number of nitrogens with one attached hydrogen (secondary N) is 1. The smallest absolute Gasteiger partial charge is 0.300 e. The number of hydrogen-bond donors (Lipinski definition) is 1. The molecule has 1 fully saturated rings. The van der Waals surface area contributed by atoms with E-state index in [2.05, 4.69) is 33.9 Å². The standard InChI is InChI=1S/C22H27N5O/c1-14-8-10-17(11-9-14)18-13-27-20-19(21(28)25-22(27)24-18)26(15(2)23-20)12-16-6-4-3-5-7-16/h3-7,14,17-18H,8-13H2,1-2H3,(H,24,25,28)/t14?,17?,18-/m0/s1. The summed E-state index contributed by atoms with van der Waals surface area (Å²) < 4.78 is 4.12. The third kappa shape index (κ3) is 2.91. The van der Waals surface area contributed by atoms with Gasteiger partial charge in [0.1, 0.15) is 5.82 Å². The zero-order valence-electron chi connectivity index (χ0n) is 16.6. The van der Waals surface area contributed by atoms with E-state index in [-0.39, 0.29) is 5.56 Å². The molecule has 5 rings (SSSR count). The third-order valence-corrected chi connectivity index (χ3v) is 6.57. The summed E-state index contributed by atoms with van der Waals surface area (Å²) in [6.07, 6.45) is 5.10. The Hall–Kier alpha value is -2.63. The molecule has 1 atom stereocenters. The second-order valence-electron chi connectivity index (χ2n) is 8.52. The number of aryl methyl sites for hydroxylation is 1. The van der Waals surface area contributed by atoms with E-state index in [1.807, 2.05) is 29.7 Å². The van der Waals surface area contributed by atoms with Crippen LogP contribution in [0.5, 0.6) is 0 Å². The molecule has 1 aromatic carbocycles. The maximum Gasteiger partial charge on any atom is 0.300 e. The van der Waals surface area contributed by atoms with Crippen molar-refractivity contribution in [3.8, 4) is 0 Å².